The summed E-state index contributed by atoms with van der Waals surface area (Å²) in [5.74, 6) is 0. The zero-order valence-electron chi connectivity index (χ0n) is 20.1. The molecule has 7 aromatic rings. The topological polar surface area (TPSA) is 81.2 Å². The van der Waals surface area contributed by atoms with Gasteiger partial charge in [-0.1, -0.05) is 42.5 Å². The van der Waals surface area contributed by atoms with Gasteiger partial charge in [-0.2, -0.15) is 15.8 Å². The second-order valence-electron chi connectivity index (χ2n) is 9.18. The van der Waals surface area contributed by atoms with Crippen LogP contribution in [0, 0.1) is 34.0 Å². The van der Waals surface area contributed by atoms with Gasteiger partial charge in [0.05, 0.1) is 56.7 Å². The Hall–Kier alpha value is -5.83. The summed E-state index contributed by atoms with van der Waals surface area (Å²) in [5.41, 5.74) is 7.04. The first-order valence-electron chi connectivity index (χ1n) is 12.1. The maximum absolute atomic E-state index is 10.6. The molecular weight excluding hydrogens is 466 g/mol. The molecule has 0 fully saturated rings. The summed E-state index contributed by atoms with van der Waals surface area (Å²) >= 11 is 0. The van der Waals surface area contributed by atoms with E-state index in [1.165, 1.54) is 0 Å². The molecule has 0 aliphatic rings. The van der Waals surface area contributed by atoms with E-state index in [0.29, 0.717) is 16.7 Å². The number of benzene rings is 5. The van der Waals surface area contributed by atoms with E-state index in [1.54, 1.807) is 0 Å². The molecule has 0 bridgehead atoms. The number of nitriles is 3. The predicted molar refractivity (Wildman–Crippen MR) is 149 cm³/mol. The highest BCUT2D eigenvalue weighted by Crippen LogP contribution is 2.38. The fraction of sp³-hybridized carbons (Fsp3) is 0. The highest BCUT2D eigenvalue weighted by Gasteiger charge is 2.20. The third kappa shape index (κ3) is 2.89. The van der Waals surface area contributed by atoms with E-state index in [-0.39, 0.29) is 0 Å². The lowest BCUT2D eigenvalue weighted by molar-refractivity contribution is 1.12. The molecule has 7 rings (SSSR count). The molecule has 38 heavy (non-hydrogen) atoms. The van der Waals surface area contributed by atoms with Crippen LogP contribution in [0.3, 0.4) is 0 Å². The van der Waals surface area contributed by atoms with Crippen LogP contribution in [-0.4, -0.2) is 9.13 Å². The molecule has 0 radical (unpaired) electrons. The van der Waals surface area contributed by atoms with Crippen LogP contribution in [0.2, 0.25) is 0 Å². The van der Waals surface area contributed by atoms with Gasteiger partial charge < -0.3 is 9.13 Å². The smallest absolute Gasteiger partial charge is 0.104 e. The Labute approximate surface area is 217 Å². The van der Waals surface area contributed by atoms with Crippen molar-refractivity contribution in [1.29, 1.82) is 15.8 Å². The number of fused-ring (bicyclic) bond motifs is 6. The van der Waals surface area contributed by atoms with Gasteiger partial charge in [-0.15, -0.1) is 0 Å². The quantitative estimate of drug-likeness (QED) is 0.255. The average molecular weight is 484 g/mol. The fourth-order valence-corrected chi connectivity index (χ4v) is 5.62. The second kappa shape index (κ2) is 8.10. The van der Waals surface area contributed by atoms with Gasteiger partial charge in [-0.05, 0) is 60.7 Å². The van der Waals surface area contributed by atoms with Gasteiger partial charge in [0.1, 0.15) is 11.6 Å². The lowest BCUT2D eigenvalue weighted by Gasteiger charge is -2.15. The molecule has 0 spiro atoms. The van der Waals surface area contributed by atoms with Gasteiger partial charge in [0.25, 0.3) is 0 Å². The minimum absolute atomic E-state index is 0.534. The summed E-state index contributed by atoms with van der Waals surface area (Å²) in [5, 5.41) is 33.6. The van der Waals surface area contributed by atoms with Gasteiger partial charge in [0.15, 0.2) is 0 Å². The zero-order valence-corrected chi connectivity index (χ0v) is 20.1. The number of para-hydroxylation sites is 2. The van der Waals surface area contributed by atoms with Crippen molar-refractivity contribution < 1.29 is 0 Å². The summed E-state index contributed by atoms with van der Waals surface area (Å²) in [4.78, 5) is 0. The van der Waals surface area contributed by atoms with E-state index >= 15 is 0 Å². The van der Waals surface area contributed by atoms with E-state index < -0.39 is 0 Å². The Kier molecular flexibility index (Phi) is 4.57. The molecule has 174 valence electrons. The van der Waals surface area contributed by atoms with Crippen LogP contribution in [0.25, 0.3) is 55.0 Å². The minimum atomic E-state index is 0.534. The van der Waals surface area contributed by atoms with Crippen LogP contribution >= 0.6 is 0 Å². The van der Waals surface area contributed by atoms with Gasteiger partial charge >= 0.3 is 0 Å². The van der Waals surface area contributed by atoms with Crippen LogP contribution in [0.4, 0.5) is 0 Å². The average Bonchev–Trinajstić information content (AvgIpc) is 3.48. The van der Waals surface area contributed by atoms with Crippen molar-refractivity contribution in [3.63, 3.8) is 0 Å². The standard InChI is InChI=1S/C33H17N5/c34-18-21-12-14-32-25(16-21)23-6-1-3-8-28(23)37(32)30-10-5-11-31(27(30)20-36)38-29-9-4-2-7-24(29)26-17-22(19-35)13-15-33(26)38/h1-17H. The monoisotopic (exact) mass is 483 g/mol. The zero-order chi connectivity index (χ0) is 25.8. The molecule has 0 amide bonds. The molecule has 0 saturated carbocycles. The minimum Gasteiger partial charge on any atom is -0.308 e. The third-order valence-electron chi connectivity index (χ3n) is 7.22. The first-order chi connectivity index (χ1) is 18.7. The van der Waals surface area contributed by atoms with Crippen LogP contribution in [0.5, 0.6) is 0 Å². The van der Waals surface area contributed by atoms with E-state index in [9.17, 15) is 15.8 Å². The molecule has 2 heterocycles. The summed E-state index contributed by atoms with van der Waals surface area (Å²) in [6, 6.07) is 40.3. The Morgan fingerprint density at radius 3 is 1.32 bits per heavy atom. The fourth-order valence-electron chi connectivity index (χ4n) is 5.62. The van der Waals surface area contributed by atoms with Crippen molar-refractivity contribution >= 4 is 43.6 Å². The summed E-state index contributed by atoms with van der Waals surface area (Å²) in [6.45, 7) is 0. The van der Waals surface area contributed by atoms with Crippen molar-refractivity contribution in [2.45, 2.75) is 0 Å². The highest BCUT2D eigenvalue weighted by atomic mass is 15.0. The van der Waals surface area contributed by atoms with Crippen molar-refractivity contribution in [1.82, 2.24) is 9.13 Å². The molecule has 5 aromatic carbocycles. The molecular formula is C33H17N5. The molecule has 0 atom stereocenters. The number of aromatic nitrogens is 2. The van der Waals surface area contributed by atoms with Crippen molar-refractivity contribution in [2.75, 3.05) is 0 Å². The first kappa shape index (κ1) is 21.5. The van der Waals surface area contributed by atoms with Crippen LogP contribution in [-0.2, 0) is 0 Å². The van der Waals surface area contributed by atoms with Crippen molar-refractivity contribution in [2.24, 2.45) is 0 Å². The SMILES string of the molecule is N#Cc1ccc2c(c1)c1ccccc1n2-c1cccc(-n2c3ccccc3c3cc(C#N)ccc32)c1C#N. The number of rotatable bonds is 2. The molecule has 0 aliphatic heterocycles. The van der Waals surface area contributed by atoms with Crippen LogP contribution in [0.1, 0.15) is 16.7 Å². The van der Waals surface area contributed by atoms with Gasteiger partial charge in [0.2, 0.25) is 0 Å². The molecule has 5 nitrogen and oxygen atoms in total. The molecule has 0 aliphatic carbocycles. The van der Waals surface area contributed by atoms with E-state index in [2.05, 4.69) is 27.3 Å². The van der Waals surface area contributed by atoms with Crippen molar-refractivity contribution in [3.05, 3.63) is 120 Å². The summed E-state index contributed by atoms with van der Waals surface area (Å²) < 4.78 is 4.21. The molecule has 0 saturated heterocycles. The van der Waals surface area contributed by atoms with Gasteiger partial charge in [-0.3, -0.25) is 0 Å². The Bertz CT molecular complexity index is 2080. The van der Waals surface area contributed by atoms with Crippen molar-refractivity contribution in [3.8, 4) is 29.6 Å². The summed E-state index contributed by atoms with van der Waals surface area (Å²) in [7, 11) is 0. The van der Waals surface area contributed by atoms with Crippen LogP contribution in [0.15, 0.2) is 103 Å². The largest absolute Gasteiger partial charge is 0.308 e. The lowest BCUT2D eigenvalue weighted by Crippen LogP contribution is -2.04. The Balaban J connectivity index is 1.60. The normalized spacial score (nSPS) is 11.1. The maximum atomic E-state index is 10.6. The third-order valence-corrected chi connectivity index (χ3v) is 7.22. The second-order valence-corrected chi connectivity index (χ2v) is 9.18. The maximum Gasteiger partial charge on any atom is 0.104 e. The summed E-state index contributed by atoms with van der Waals surface area (Å²) in [6.07, 6.45) is 0. The number of hydrogen-bond acceptors (Lipinski definition) is 3. The lowest BCUT2D eigenvalue weighted by atomic mass is 10.1. The predicted octanol–water partition coefficient (Wildman–Crippen LogP) is 7.50. The molecule has 5 heteroatoms. The van der Waals surface area contributed by atoms with E-state index in [4.69, 9.17) is 0 Å². The van der Waals surface area contributed by atoms with Gasteiger partial charge in [-0.25, -0.2) is 0 Å². The molecule has 0 N–H and O–H groups in total. The molecule has 0 unspecified atom stereocenters. The van der Waals surface area contributed by atoms with E-state index in [0.717, 1.165) is 55.0 Å². The molecule has 2 aromatic heterocycles. The van der Waals surface area contributed by atoms with E-state index in [1.807, 2.05) is 103 Å². The Morgan fingerprint density at radius 1 is 0.421 bits per heavy atom. The highest BCUT2D eigenvalue weighted by molar-refractivity contribution is 6.11. The first-order valence-corrected chi connectivity index (χ1v) is 12.1. The number of nitrogens with zero attached hydrogens (tertiary/aromatic N) is 5. The van der Waals surface area contributed by atoms with Gasteiger partial charge in [0, 0.05) is 21.5 Å². The number of hydrogen-bond donors (Lipinski definition) is 0. The Morgan fingerprint density at radius 2 is 0.868 bits per heavy atom. The van der Waals surface area contributed by atoms with Crippen LogP contribution < -0.4 is 0 Å².